The average Bonchev–Trinajstić information content (AvgIpc) is 2.62. The van der Waals surface area contributed by atoms with Crippen LogP contribution in [-0.2, 0) is 9.53 Å². The van der Waals surface area contributed by atoms with Crippen molar-refractivity contribution < 1.29 is 14.6 Å². The monoisotopic (exact) mass is 240 g/mol. The van der Waals surface area contributed by atoms with Crippen molar-refractivity contribution in [2.45, 2.75) is 70.7 Å². The fourth-order valence-electron chi connectivity index (χ4n) is 2.20. The second kappa shape index (κ2) is 5.32. The Morgan fingerprint density at radius 2 is 2.24 bits per heavy atom. The summed E-state index contributed by atoms with van der Waals surface area (Å²) in [6.07, 6.45) is 5.67. The van der Waals surface area contributed by atoms with Gasteiger partial charge in [0.2, 0.25) is 0 Å². The van der Waals surface area contributed by atoms with Crippen LogP contribution < -0.4 is 0 Å². The largest absolute Gasteiger partial charge is 0.387 e. The zero-order valence-electron chi connectivity index (χ0n) is 11.3. The molecule has 1 fully saturated rings. The summed E-state index contributed by atoms with van der Waals surface area (Å²) in [5.74, 6) is 0. The van der Waals surface area contributed by atoms with Crippen LogP contribution in [0.5, 0.6) is 0 Å². The van der Waals surface area contributed by atoms with Gasteiger partial charge in [-0.1, -0.05) is 11.6 Å². The van der Waals surface area contributed by atoms with Crippen LogP contribution in [0.25, 0.3) is 0 Å². The van der Waals surface area contributed by atoms with E-state index in [0.29, 0.717) is 12.8 Å². The molecule has 98 valence electrons. The summed E-state index contributed by atoms with van der Waals surface area (Å²) >= 11 is 0. The van der Waals surface area contributed by atoms with Gasteiger partial charge in [0.15, 0.2) is 6.29 Å². The number of hydrogen-bond donors (Lipinski definition) is 1. The van der Waals surface area contributed by atoms with Crippen LogP contribution in [0.1, 0.15) is 53.4 Å². The molecule has 0 aromatic heterocycles. The molecule has 0 aliphatic carbocycles. The molecular weight excluding hydrogens is 216 g/mol. The van der Waals surface area contributed by atoms with E-state index in [1.165, 1.54) is 5.57 Å². The van der Waals surface area contributed by atoms with Gasteiger partial charge in [-0.05, 0) is 53.4 Å². The lowest BCUT2D eigenvalue weighted by atomic mass is 9.90. The quantitative estimate of drug-likeness (QED) is 0.593. The lowest BCUT2D eigenvalue weighted by Gasteiger charge is -2.30. The third-order valence-corrected chi connectivity index (χ3v) is 3.46. The van der Waals surface area contributed by atoms with Crippen LogP contribution in [0.4, 0.5) is 0 Å². The Bertz CT molecular complexity index is 303. The molecule has 0 amide bonds. The minimum absolute atomic E-state index is 0.233. The minimum Gasteiger partial charge on any atom is -0.387 e. The number of carbonyl (C=O) groups excluding carboxylic acids is 1. The fourth-order valence-corrected chi connectivity index (χ4v) is 2.20. The normalized spacial score (nSPS) is 31.9. The van der Waals surface area contributed by atoms with Crippen molar-refractivity contribution in [3.05, 3.63) is 11.6 Å². The van der Waals surface area contributed by atoms with Crippen LogP contribution >= 0.6 is 0 Å². The van der Waals surface area contributed by atoms with E-state index in [-0.39, 0.29) is 6.10 Å². The van der Waals surface area contributed by atoms with Crippen molar-refractivity contribution in [1.29, 1.82) is 0 Å². The van der Waals surface area contributed by atoms with Gasteiger partial charge in [-0.3, -0.25) is 0 Å². The summed E-state index contributed by atoms with van der Waals surface area (Å²) in [5.41, 5.74) is -0.302. The van der Waals surface area contributed by atoms with Crippen molar-refractivity contribution >= 4 is 6.29 Å². The van der Waals surface area contributed by atoms with Gasteiger partial charge in [0, 0.05) is 0 Å². The lowest BCUT2D eigenvalue weighted by Crippen LogP contribution is -2.41. The Kier molecular flexibility index (Phi) is 4.50. The maximum Gasteiger partial charge on any atom is 0.151 e. The molecule has 0 aromatic rings. The van der Waals surface area contributed by atoms with Gasteiger partial charge in [-0.2, -0.15) is 0 Å². The second-order valence-corrected chi connectivity index (χ2v) is 5.75. The third kappa shape index (κ3) is 3.93. The van der Waals surface area contributed by atoms with Gasteiger partial charge < -0.3 is 14.6 Å². The minimum atomic E-state index is -0.854. The molecule has 17 heavy (non-hydrogen) atoms. The first-order valence-electron chi connectivity index (χ1n) is 6.29. The first-order valence-corrected chi connectivity index (χ1v) is 6.29. The number of aldehydes is 1. The molecule has 1 saturated heterocycles. The highest BCUT2D eigenvalue weighted by Crippen LogP contribution is 2.35. The molecule has 3 nitrogen and oxygen atoms in total. The van der Waals surface area contributed by atoms with Gasteiger partial charge in [0.1, 0.15) is 5.60 Å². The lowest BCUT2D eigenvalue weighted by molar-refractivity contribution is -0.144. The molecular formula is C14H24O3. The topological polar surface area (TPSA) is 46.5 Å². The van der Waals surface area contributed by atoms with Crippen molar-refractivity contribution in [2.24, 2.45) is 0 Å². The maximum absolute atomic E-state index is 10.9. The van der Waals surface area contributed by atoms with Gasteiger partial charge in [0.25, 0.3) is 0 Å². The van der Waals surface area contributed by atoms with E-state index in [2.05, 4.69) is 6.08 Å². The average molecular weight is 240 g/mol. The molecule has 1 rings (SSSR count). The van der Waals surface area contributed by atoms with Crippen LogP contribution in [0.15, 0.2) is 11.6 Å². The fraction of sp³-hybridized carbons (Fsp3) is 0.786. The van der Waals surface area contributed by atoms with E-state index in [4.69, 9.17) is 4.74 Å². The Labute approximate surface area is 104 Å². The molecule has 0 saturated carbocycles. The zero-order chi connectivity index (χ0) is 13.1. The first-order chi connectivity index (χ1) is 7.79. The smallest absolute Gasteiger partial charge is 0.151 e. The van der Waals surface area contributed by atoms with Crippen LogP contribution in [0.2, 0.25) is 0 Å². The molecule has 0 bridgehead atoms. The van der Waals surface area contributed by atoms with Gasteiger partial charge in [-0.15, -0.1) is 0 Å². The van der Waals surface area contributed by atoms with Crippen molar-refractivity contribution in [1.82, 2.24) is 0 Å². The van der Waals surface area contributed by atoms with E-state index in [9.17, 15) is 9.90 Å². The SMILES string of the molecule is CC(C)=CCC[C@](C)(O)[C@H]1CC[C@](C)(C=O)O1. The van der Waals surface area contributed by atoms with Crippen LogP contribution in [0.3, 0.4) is 0 Å². The third-order valence-electron chi connectivity index (χ3n) is 3.46. The van der Waals surface area contributed by atoms with E-state index >= 15 is 0 Å². The van der Waals surface area contributed by atoms with Gasteiger partial charge in [-0.25, -0.2) is 0 Å². The summed E-state index contributed by atoms with van der Waals surface area (Å²) in [4.78, 5) is 10.9. The highest BCUT2D eigenvalue weighted by molar-refractivity contribution is 5.62. The van der Waals surface area contributed by atoms with Crippen molar-refractivity contribution in [3.63, 3.8) is 0 Å². The number of ether oxygens (including phenoxy) is 1. The van der Waals surface area contributed by atoms with E-state index in [1.807, 2.05) is 13.8 Å². The van der Waals surface area contributed by atoms with Crippen molar-refractivity contribution in [2.75, 3.05) is 0 Å². The molecule has 0 spiro atoms. The Morgan fingerprint density at radius 1 is 1.59 bits per heavy atom. The second-order valence-electron chi connectivity index (χ2n) is 5.75. The Morgan fingerprint density at radius 3 is 2.71 bits per heavy atom. The van der Waals surface area contributed by atoms with E-state index < -0.39 is 11.2 Å². The molecule has 0 radical (unpaired) electrons. The highest BCUT2D eigenvalue weighted by Gasteiger charge is 2.43. The standard InChI is InChI=1S/C14H24O3/c1-11(2)6-5-8-14(4,16)12-7-9-13(3,10-15)17-12/h6,10,12,16H,5,7-9H2,1-4H3/t12-,13-,14+/m1/s1. The highest BCUT2D eigenvalue weighted by atomic mass is 16.5. The summed E-state index contributed by atoms with van der Waals surface area (Å²) in [6.45, 7) is 7.67. The molecule has 1 N–H and O–H groups in total. The summed E-state index contributed by atoms with van der Waals surface area (Å²) in [5, 5.41) is 10.4. The molecule has 1 aliphatic heterocycles. The number of carbonyl (C=O) groups is 1. The zero-order valence-corrected chi connectivity index (χ0v) is 11.3. The summed E-state index contributed by atoms with van der Waals surface area (Å²) < 4.78 is 5.68. The van der Waals surface area contributed by atoms with E-state index in [0.717, 1.165) is 19.1 Å². The van der Waals surface area contributed by atoms with Gasteiger partial charge >= 0.3 is 0 Å². The molecule has 0 unspecified atom stereocenters. The molecule has 1 aliphatic rings. The van der Waals surface area contributed by atoms with Gasteiger partial charge in [0.05, 0.1) is 11.7 Å². The number of allylic oxidation sites excluding steroid dienone is 2. The predicted molar refractivity (Wildman–Crippen MR) is 67.9 cm³/mol. The molecule has 1 heterocycles. The Balaban J connectivity index is 2.54. The summed E-state index contributed by atoms with van der Waals surface area (Å²) in [7, 11) is 0. The summed E-state index contributed by atoms with van der Waals surface area (Å²) in [6, 6.07) is 0. The first kappa shape index (κ1) is 14.4. The number of aliphatic hydroxyl groups is 1. The Hall–Kier alpha value is -0.670. The number of hydrogen-bond acceptors (Lipinski definition) is 3. The van der Waals surface area contributed by atoms with Crippen LogP contribution in [0, 0.1) is 0 Å². The molecule has 3 heteroatoms. The van der Waals surface area contributed by atoms with E-state index in [1.54, 1.807) is 13.8 Å². The maximum atomic E-state index is 10.9. The van der Waals surface area contributed by atoms with Crippen molar-refractivity contribution in [3.8, 4) is 0 Å². The molecule has 0 aromatic carbocycles. The van der Waals surface area contributed by atoms with Crippen LogP contribution in [-0.4, -0.2) is 28.7 Å². The molecule has 3 atom stereocenters. The predicted octanol–water partition coefficient (Wildman–Crippen LogP) is 2.62. The number of rotatable bonds is 5.